The molecule has 3 amide bonds. The Bertz CT molecular complexity index is 1040. The van der Waals surface area contributed by atoms with Crippen molar-refractivity contribution in [3.63, 3.8) is 0 Å². The quantitative estimate of drug-likeness (QED) is 0.491. The topological polar surface area (TPSA) is 114 Å². The molecule has 3 N–H and O–H groups in total. The lowest BCUT2D eigenvalue weighted by atomic mass is 10.0. The fraction of sp³-hybridized carbons (Fsp3) is 0.385. The second kappa shape index (κ2) is 11.9. The van der Waals surface area contributed by atoms with Crippen LogP contribution in [0, 0.1) is 0 Å². The van der Waals surface area contributed by atoms with Gasteiger partial charge >= 0.3 is 6.09 Å². The van der Waals surface area contributed by atoms with Crippen LogP contribution in [0.5, 0.6) is 0 Å². The number of ether oxygens (including phenoxy) is 1. The van der Waals surface area contributed by atoms with Crippen LogP contribution < -0.4 is 16.0 Å². The van der Waals surface area contributed by atoms with Gasteiger partial charge in [-0.05, 0) is 31.9 Å². The summed E-state index contributed by atoms with van der Waals surface area (Å²) in [6.07, 6.45) is -0.282. The molecule has 3 atom stereocenters. The van der Waals surface area contributed by atoms with E-state index in [-0.39, 0.29) is 18.0 Å². The maximum absolute atomic E-state index is 13.4. The van der Waals surface area contributed by atoms with Crippen molar-refractivity contribution in [3.8, 4) is 0 Å². The van der Waals surface area contributed by atoms with Crippen LogP contribution in [0.3, 0.4) is 0 Å². The molecule has 186 valence electrons. The molecule has 8 nitrogen and oxygen atoms in total. The molecule has 0 bridgehead atoms. The molecule has 0 aromatic heterocycles. The van der Waals surface area contributed by atoms with Crippen LogP contribution in [0.15, 0.2) is 60.7 Å². The Balaban J connectivity index is 1.77. The van der Waals surface area contributed by atoms with Gasteiger partial charge in [-0.3, -0.25) is 14.4 Å². The van der Waals surface area contributed by atoms with Gasteiger partial charge in [-0.15, -0.1) is 0 Å². The van der Waals surface area contributed by atoms with Gasteiger partial charge in [-0.2, -0.15) is 0 Å². The Labute approximate surface area is 209 Å². The van der Waals surface area contributed by atoms with Gasteiger partial charge in [-0.25, -0.2) is 4.79 Å². The van der Waals surface area contributed by atoms with Crippen LogP contribution in [-0.4, -0.2) is 52.5 Å². The van der Waals surface area contributed by atoms with Gasteiger partial charge < -0.3 is 20.7 Å². The average Bonchev–Trinajstić information content (AvgIpc) is 2.80. The molecule has 3 rings (SSSR count). The molecule has 1 aliphatic rings. The summed E-state index contributed by atoms with van der Waals surface area (Å²) in [4.78, 5) is 50.6. The van der Waals surface area contributed by atoms with E-state index in [1.165, 1.54) is 0 Å². The minimum Gasteiger partial charge on any atom is -0.444 e. The highest BCUT2D eigenvalue weighted by molar-refractivity contribution is 8.16. The summed E-state index contributed by atoms with van der Waals surface area (Å²) in [5.74, 6) is -0.463. The Morgan fingerprint density at radius 2 is 1.40 bits per heavy atom. The third-order valence-corrected chi connectivity index (χ3v) is 6.27. The Morgan fingerprint density at radius 1 is 0.886 bits per heavy atom. The van der Waals surface area contributed by atoms with Crippen molar-refractivity contribution >= 4 is 34.8 Å². The summed E-state index contributed by atoms with van der Waals surface area (Å²) in [6.45, 7) is 5.21. The normalized spacial score (nSPS) is 16.9. The fourth-order valence-electron chi connectivity index (χ4n) is 3.45. The Kier molecular flexibility index (Phi) is 8.92. The molecule has 2 aromatic carbocycles. The minimum absolute atomic E-state index is 0.100. The zero-order valence-corrected chi connectivity index (χ0v) is 20.9. The highest BCUT2D eigenvalue weighted by Crippen LogP contribution is 2.20. The number of hydrogen-bond donors (Lipinski definition) is 3. The molecule has 0 saturated carbocycles. The van der Waals surface area contributed by atoms with E-state index in [0.717, 1.165) is 22.9 Å². The first-order valence-corrected chi connectivity index (χ1v) is 12.4. The minimum atomic E-state index is -0.973. The number of carbonyl (C=O) groups excluding carboxylic acids is 4. The van der Waals surface area contributed by atoms with Gasteiger partial charge in [-0.1, -0.05) is 72.4 Å². The number of alkyl carbamates (subject to hydrolysis) is 1. The van der Waals surface area contributed by atoms with Crippen LogP contribution >= 0.6 is 11.8 Å². The number of thioether (sulfide) groups is 1. The molecule has 35 heavy (non-hydrogen) atoms. The van der Waals surface area contributed by atoms with E-state index >= 15 is 0 Å². The van der Waals surface area contributed by atoms with E-state index in [2.05, 4.69) is 16.0 Å². The van der Waals surface area contributed by atoms with E-state index in [9.17, 15) is 19.2 Å². The summed E-state index contributed by atoms with van der Waals surface area (Å²) in [5.41, 5.74) is 0.952. The second-order valence-corrected chi connectivity index (χ2v) is 10.4. The SMILES string of the molecule is CC(C)(C)OC(=O)N[C@@H](Cc1ccccc1)C(=O)N[C@@H](Cc1ccccc1)C(=O)N[C@H]1CSC1=O. The maximum atomic E-state index is 13.4. The van der Waals surface area contributed by atoms with Gasteiger partial charge in [0.15, 0.2) is 0 Å². The Morgan fingerprint density at radius 3 is 1.83 bits per heavy atom. The van der Waals surface area contributed by atoms with E-state index < -0.39 is 41.6 Å². The highest BCUT2D eigenvalue weighted by Gasteiger charge is 2.34. The van der Waals surface area contributed by atoms with E-state index in [1.54, 1.807) is 20.8 Å². The predicted molar refractivity (Wildman–Crippen MR) is 135 cm³/mol. The second-order valence-electron chi connectivity index (χ2n) is 9.33. The van der Waals surface area contributed by atoms with Crippen molar-refractivity contribution in [2.45, 2.75) is 57.3 Å². The first-order chi connectivity index (χ1) is 16.6. The third-order valence-electron chi connectivity index (χ3n) is 5.20. The number of nitrogens with one attached hydrogen (secondary N) is 3. The van der Waals surface area contributed by atoms with Crippen LogP contribution in [0.2, 0.25) is 0 Å². The molecular formula is C26H31N3O5S. The fourth-order valence-corrected chi connectivity index (χ4v) is 4.06. The first-order valence-electron chi connectivity index (χ1n) is 11.5. The molecule has 1 saturated heterocycles. The van der Waals surface area contributed by atoms with E-state index in [4.69, 9.17) is 4.74 Å². The maximum Gasteiger partial charge on any atom is 0.408 e. The number of rotatable bonds is 9. The van der Waals surface area contributed by atoms with Crippen molar-refractivity contribution in [1.82, 2.24) is 16.0 Å². The lowest BCUT2D eigenvalue weighted by Crippen LogP contribution is -2.58. The monoisotopic (exact) mass is 497 g/mol. The zero-order chi connectivity index (χ0) is 25.4. The van der Waals surface area contributed by atoms with Gasteiger partial charge in [0.25, 0.3) is 0 Å². The number of hydrogen-bond acceptors (Lipinski definition) is 6. The molecule has 0 aliphatic carbocycles. The summed E-state index contributed by atoms with van der Waals surface area (Å²) < 4.78 is 5.34. The summed E-state index contributed by atoms with van der Waals surface area (Å²) >= 11 is 1.15. The van der Waals surface area contributed by atoms with Crippen molar-refractivity contribution in [2.75, 3.05) is 5.75 Å². The van der Waals surface area contributed by atoms with Crippen molar-refractivity contribution in [2.24, 2.45) is 0 Å². The number of carbonyl (C=O) groups is 4. The van der Waals surface area contributed by atoms with Gasteiger partial charge in [0.2, 0.25) is 16.9 Å². The lowest BCUT2D eigenvalue weighted by molar-refractivity contribution is -0.131. The summed E-state index contributed by atoms with van der Waals surface area (Å²) in [5, 5.41) is 8.04. The molecule has 0 radical (unpaired) electrons. The van der Waals surface area contributed by atoms with Gasteiger partial charge in [0.1, 0.15) is 23.7 Å². The smallest absolute Gasteiger partial charge is 0.408 e. The molecule has 1 aliphatic heterocycles. The standard InChI is InChI=1S/C26H31N3O5S/c1-26(2,3)34-25(33)29-20(15-18-12-8-5-9-13-18)23(31)27-19(14-17-10-6-4-7-11-17)22(30)28-21-16-35-24(21)32/h4-13,19-21H,14-16H2,1-3H3,(H,27,31)(H,28,30)(H,29,33)/t19-,20-,21-/m0/s1. The Hall–Kier alpha value is -3.33. The number of benzene rings is 2. The zero-order valence-electron chi connectivity index (χ0n) is 20.1. The molecule has 2 aromatic rings. The molecular weight excluding hydrogens is 466 g/mol. The molecule has 0 unspecified atom stereocenters. The summed E-state index contributed by atoms with van der Waals surface area (Å²) in [6, 6.07) is 16.1. The largest absolute Gasteiger partial charge is 0.444 e. The molecule has 1 heterocycles. The van der Waals surface area contributed by atoms with Crippen molar-refractivity contribution in [1.29, 1.82) is 0 Å². The van der Waals surface area contributed by atoms with Crippen LogP contribution in [0.4, 0.5) is 4.79 Å². The molecule has 0 spiro atoms. The van der Waals surface area contributed by atoms with Gasteiger partial charge in [0.05, 0.1) is 0 Å². The van der Waals surface area contributed by atoms with E-state index in [0.29, 0.717) is 5.75 Å². The molecule has 9 heteroatoms. The molecule has 1 fully saturated rings. The lowest BCUT2D eigenvalue weighted by Gasteiger charge is -2.28. The highest BCUT2D eigenvalue weighted by atomic mass is 32.2. The van der Waals surface area contributed by atoms with E-state index in [1.807, 2.05) is 60.7 Å². The summed E-state index contributed by atoms with van der Waals surface area (Å²) in [7, 11) is 0. The van der Waals surface area contributed by atoms with Crippen LogP contribution in [0.25, 0.3) is 0 Å². The average molecular weight is 498 g/mol. The van der Waals surface area contributed by atoms with Crippen molar-refractivity contribution < 1.29 is 23.9 Å². The van der Waals surface area contributed by atoms with Crippen LogP contribution in [-0.2, 0) is 32.0 Å². The van der Waals surface area contributed by atoms with Crippen LogP contribution in [0.1, 0.15) is 31.9 Å². The van der Waals surface area contributed by atoms with Gasteiger partial charge in [0, 0.05) is 18.6 Å². The first kappa shape index (κ1) is 26.3. The number of amides is 3. The predicted octanol–water partition coefficient (Wildman–Crippen LogP) is 2.61. The van der Waals surface area contributed by atoms with Crippen molar-refractivity contribution in [3.05, 3.63) is 71.8 Å². The third kappa shape index (κ3) is 8.43.